The van der Waals surface area contributed by atoms with Crippen LogP contribution >= 0.6 is 0 Å². The number of hydrogen-bond acceptors (Lipinski definition) is 2. The van der Waals surface area contributed by atoms with Gasteiger partial charge in [0.25, 0.3) is 0 Å². The number of hydrogen-bond donors (Lipinski definition) is 1. The summed E-state index contributed by atoms with van der Waals surface area (Å²) in [6.45, 7) is 3.87. The molecule has 0 fully saturated rings. The van der Waals surface area contributed by atoms with Crippen LogP contribution in [0.1, 0.15) is 23.6 Å². The van der Waals surface area contributed by atoms with Gasteiger partial charge in [0.1, 0.15) is 0 Å². The second kappa shape index (κ2) is 8.45. The van der Waals surface area contributed by atoms with Crippen LogP contribution < -0.4 is 5.32 Å². The van der Waals surface area contributed by atoms with Crippen LogP contribution in [-0.2, 0) is 29.1 Å². The molecule has 1 amide bonds. The Labute approximate surface area is 148 Å². The summed E-state index contributed by atoms with van der Waals surface area (Å²) in [7, 11) is 0. The largest absolute Gasteiger partial charge is 0.377 e. The van der Waals surface area contributed by atoms with E-state index in [1.165, 1.54) is 5.39 Å². The minimum absolute atomic E-state index is 0.0358. The van der Waals surface area contributed by atoms with Gasteiger partial charge in [-0.05, 0) is 34.4 Å². The highest BCUT2D eigenvalue weighted by Gasteiger charge is 2.04. The molecule has 0 aromatic heterocycles. The number of amides is 1. The zero-order valence-corrected chi connectivity index (χ0v) is 14.5. The standard InChI is InChI=1S/C22H23NO2/c1-2-25-16-18-9-7-17(8-10-18)15-23-22(24)14-19-11-12-20-5-3-4-6-21(20)13-19/h3-13H,2,14-16H2,1H3,(H,23,24). The minimum Gasteiger partial charge on any atom is -0.377 e. The summed E-state index contributed by atoms with van der Waals surface area (Å²) in [5, 5.41) is 5.35. The quantitative estimate of drug-likeness (QED) is 0.702. The van der Waals surface area contributed by atoms with Gasteiger partial charge in [0.05, 0.1) is 13.0 Å². The third-order valence-corrected chi connectivity index (χ3v) is 4.16. The van der Waals surface area contributed by atoms with Gasteiger partial charge < -0.3 is 10.1 Å². The summed E-state index contributed by atoms with van der Waals surface area (Å²) in [6, 6.07) is 22.5. The third kappa shape index (κ3) is 4.91. The van der Waals surface area contributed by atoms with E-state index in [4.69, 9.17) is 4.74 Å². The smallest absolute Gasteiger partial charge is 0.224 e. The summed E-state index contributed by atoms with van der Waals surface area (Å²) in [6.07, 6.45) is 0.396. The Morgan fingerprint density at radius 2 is 1.56 bits per heavy atom. The Morgan fingerprint density at radius 1 is 0.880 bits per heavy atom. The molecule has 0 bridgehead atoms. The first-order valence-electron chi connectivity index (χ1n) is 8.64. The lowest BCUT2D eigenvalue weighted by atomic mass is 10.0. The first-order chi connectivity index (χ1) is 12.2. The van der Waals surface area contributed by atoms with Crippen molar-refractivity contribution in [1.82, 2.24) is 5.32 Å². The molecule has 0 radical (unpaired) electrons. The van der Waals surface area contributed by atoms with Crippen LogP contribution in [0.25, 0.3) is 10.8 Å². The Balaban J connectivity index is 1.53. The SMILES string of the molecule is CCOCc1ccc(CNC(=O)Cc2ccc3ccccc3c2)cc1. The van der Waals surface area contributed by atoms with Gasteiger partial charge in [0.2, 0.25) is 5.91 Å². The molecule has 1 N–H and O–H groups in total. The van der Waals surface area contributed by atoms with Crippen LogP contribution in [0, 0.1) is 0 Å². The molecule has 0 atom stereocenters. The molecular formula is C22H23NO2. The topological polar surface area (TPSA) is 38.3 Å². The highest BCUT2D eigenvalue weighted by atomic mass is 16.5. The molecule has 3 aromatic carbocycles. The van der Waals surface area contributed by atoms with Crippen LogP contribution in [0.2, 0.25) is 0 Å². The second-order valence-electron chi connectivity index (χ2n) is 6.09. The van der Waals surface area contributed by atoms with E-state index < -0.39 is 0 Å². The lowest BCUT2D eigenvalue weighted by Gasteiger charge is -2.08. The van der Waals surface area contributed by atoms with E-state index in [0.29, 0.717) is 26.2 Å². The van der Waals surface area contributed by atoms with Gasteiger partial charge in [-0.25, -0.2) is 0 Å². The van der Waals surface area contributed by atoms with Gasteiger partial charge in [-0.3, -0.25) is 4.79 Å². The lowest BCUT2D eigenvalue weighted by molar-refractivity contribution is -0.120. The first kappa shape index (κ1) is 17.2. The van der Waals surface area contributed by atoms with Crippen molar-refractivity contribution in [1.29, 1.82) is 0 Å². The lowest BCUT2D eigenvalue weighted by Crippen LogP contribution is -2.24. The van der Waals surface area contributed by atoms with E-state index in [9.17, 15) is 4.79 Å². The highest BCUT2D eigenvalue weighted by Crippen LogP contribution is 2.16. The fourth-order valence-electron chi connectivity index (χ4n) is 2.77. The van der Waals surface area contributed by atoms with Gasteiger partial charge in [0, 0.05) is 13.2 Å². The molecule has 128 valence electrons. The van der Waals surface area contributed by atoms with E-state index in [1.807, 2.05) is 49.4 Å². The number of ether oxygens (including phenoxy) is 1. The average Bonchev–Trinajstić information content (AvgIpc) is 2.65. The molecule has 0 spiro atoms. The van der Waals surface area contributed by atoms with E-state index >= 15 is 0 Å². The highest BCUT2D eigenvalue weighted by molar-refractivity contribution is 5.85. The molecule has 3 rings (SSSR count). The maximum absolute atomic E-state index is 12.2. The number of benzene rings is 3. The molecule has 0 aliphatic heterocycles. The van der Waals surface area contributed by atoms with E-state index in [1.54, 1.807) is 0 Å². The van der Waals surface area contributed by atoms with Gasteiger partial charge in [-0.15, -0.1) is 0 Å². The molecule has 3 heteroatoms. The molecule has 0 unspecified atom stereocenters. The first-order valence-corrected chi connectivity index (χ1v) is 8.64. The molecule has 0 saturated carbocycles. The van der Waals surface area contributed by atoms with E-state index in [0.717, 1.165) is 22.1 Å². The van der Waals surface area contributed by atoms with Crippen molar-refractivity contribution >= 4 is 16.7 Å². The van der Waals surface area contributed by atoms with Crippen LogP contribution in [0.5, 0.6) is 0 Å². The van der Waals surface area contributed by atoms with Crippen LogP contribution in [-0.4, -0.2) is 12.5 Å². The normalized spacial score (nSPS) is 10.8. The van der Waals surface area contributed by atoms with Crippen molar-refractivity contribution in [2.45, 2.75) is 26.5 Å². The number of nitrogens with one attached hydrogen (secondary N) is 1. The Kier molecular flexibility index (Phi) is 5.81. The molecule has 0 aliphatic rings. The molecule has 0 heterocycles. The Morgan fingerprint density at radius 3 is 2.32 bits per heavy atom. The average molecular weight is 333 g/mol. The van der Waals surface area contributed by atoms with Crippen molar-refractivity contribution in [2.24, 2.45) is 0 Å². The molecule has 3 nitrogen and oxygen atoms in total. The predicted octanol–water partition coefficient (Wildman–Crippen LogP) is 4.24. The number of carbonyl (C=O) groups excluding carboxylic acids is 1. The molecule has 25 heavy (non-hydrogen) atoms. The molecule has 3 aromatic rings. The van der Waals surface area contributed by atoms with Crippen LogP contribution in [0.4, 0.5) is 0 Å². The summed E-state index contributed by atoms with van der Waals surface area (Å²) < 4.78 is 5.38. The zero-order valence-electron chi connectivity index (χ0n) is 14.5. The summed E-state index contributed by atoms with van der Waals surface area (Å²) >= 11 is 0. The third-order valence-electron chi connectivity index (χ3n) is 4.16. The fraction of sp³-hybridized carbons (Fsp3) is 0.227. The number of carbonyl (C=O) groups is 1. The fourth-order valence-corrected chi connectivity index (χ4v) is 2.77. The van der Waals surface area contributed by atoms with Gasteiger partial charge in [0.15, 0.2) is 0 Å². The molecule has 0 aliphatic carbocycles. The van der Waals surface area contributed by atoms with Crippen molar-refractivity contribution in [3.63, 3.8) is 0 Å². The second-order valence-corrected chi connectivity index (χ2v) is 6.09. The number of rotatable bonds is 7. The van der Waals surface area contributed by atoms with Gasteiger partial charge >= 0.3 is 0 Å². The monoisotopic (exact) mass is 333 g/mol. The Bertz CT molecular complexity index is 840. The Hall–Kier alpha value is -2.65. The van der Waals surface area contributed by atoms with Crippen molar-refractivity contribution in [3.8, 4) is 0 Å². The van der Waals surface area contributed by atoms with Crippen LogP contribution in [0.15, 0.2) is 66.7 Å². The van der Waals surface area contributed by atoms with E-state index in [2.05, 4.69) is 29.6 Å². The number of fused-ring (bicyclic) bond motifs is 1. The maximum Gasteiger partial charge on any atom is 0.224 e. The van der Waals surface area contributed by atoms with Crippen LogP contribution in [0.3, 0.4) is 0 Å². The van der Waals surface area contributed by atoms with E-state index in [-0.39, 0.29) is 5.91 Å². The summed E-state index contributed by atoms with van der Waals surface area (Å²) in [5.74, 6) is 0.0358. The van der Waals surface area contributed by atoms with Crippen molar-refractivity contribution in [2.75, 3.05) is 6.61 Å². The van der Waals surface area contributed by atoms with Gasteiger partial charge in [-0.1, -0.05) is 66.7 Å². The van der Waals surface area contributed by atoms with Gasteiger partial charge in [-0.2, -0.15) is 0 Å². The summed E-state index contributed by atoms with van der Waals surface area (Å²) in [5.41, 5.74) is 3.27. The zero-order chi connectivity index (χ0) is 17.5. The summed E-state index contributed by atoms with van der Waals surface area (Å²) in [4.78, 5) is 12.2. The minimum atomic E-state index is 0.0358. The predicted molar refractivity (Wildman–Crippen MR) is 101 cm³/mol. The maximum atomic E-state index is 12.2. The molecular weight excluding hydrogens is 310 g/mol. The molecule has 0 saturated heterocycles. The van der Waals surface area contributed by atoms with Crippen molar-refractivity contribution < 1.29 is 9.53 Å². The van der Waals surface area contributed by atoms with Crippen molar-refractivity contribution in [3.05, 3.63) is 83.4 Å².